The zero-order chi connectivity index (χ0) is 21.1. The van der Waals surface area contributed by atoms with Gasteiger partial charge in [0.25, 0.3) is 0 Å². The number of esters is 1. The highest BCUT2D eigenvalue weighted by Gasteiger charge is 2.17. The summed E-state index contributed by atoms with van der Waals surface area (Å²) in [6.45, 7) is 2.41. The van der Waals surface area contributed by atoms with Gasteiger partial charge in [0.15, 0.2) is 10.9 Å². The number of aromatic nitrogens is 2. The molecule has 11 heteroatoms. The van der Waals surface area contributed by atoms with Crippen LogP contribution in [0.5, 0.6) is 0 Å². The van der Waals surface area contributed by atoms with Crippen molar-refractivity contribution < 1.29 is 9.53 Å². The molecule has 29 heavy (non-hydrogen) atoms. The number of aryl methyl sites for hydroxylation is 1. The van der Waals surface area contributed by atoms with Gasteiger partial charge >= 0.3 is 5.97 Å². The van der Waals surface area contributed by atoms with Gasteiger partial charge in [-0.25, -0.2) is 4.79 Å². The van der Waals surface area contributed by atoms with Gasteiger partial charge in [0, 0.05) is 11.1 Å². The summed E-state index contributed by atoms with van der Waals surface area (Å²) in [5.41, 5.74) is 1.39. The Labute approximate surface area is 195 Å². The number of thiophene rings is 1. The lowest BCUT2D eigenvalue weighted by atomic mass is 10.2. The van der Waals surface area contributed by atoms with Gasteiger partial charge in [-0.2, -0.15) is 5.10 Å². The molecule has 0 aliphatic carbocycles. The van der Waals surface area contributed by atoms with Crippen LogP contribution >= 0.6 is 62.7 Å². The van der Waals surface area contributed by atoms with Gasteiger partial charge in [-0.3, -0.25) is 4.68 Å². The van der Waals surface area contributed by atoms with Gasteiger partial charge in [0.2, 0.25) is 0 Å². The molecule has 3 rings (SSSR count). The average Bonchev–Trinajstić information content (AvgIpc) is 3.19. The largest absolute Gasteiger partial charge is 0.465 e. The van der Waals surface area contributed by atoms with Gasteiger partial charge in [-0.05, 0) is 58.8 Å². The molecule has 0 spiro atoms. The van der Waals surface area contributed by atoms with Crippen molar-refractivity contribution in [2.75, 3.05) is 17.7 Å². The second-order valence-electron chi connectivity index (χ2n) is 5.94. The van der Waals surface area contributed by atoms with Crippen LogP contribution in [0, 0.1) is 6.92 Å². The summed E-state index contributed by atoms with van der Waals surface area (Å²) in [5, 5.41) is 12.5. The van der Waals surface area contributed by atoms with E-state index in [0.717, 1.165) is 14.9 Å². The number of nitrogens with one attached hydrogen (secondary N) is 2. The normalized spacial score (nSPS) is 10.7. The molecule has 6 nitrogen and oxygen atoms in total. The first-order chi connectivity index (χ1) is 13.8. The van der Waals surface area contributed by atoms with E-state index in [4.69, 9.17) is 40.2 Å². The first-order valence-corrected chi connectivity index (χ1v) is 11.0. The fourth-order valence-corrected chi connectivity index (χ4v) is 4.40. The third-order valence-electron chi connectivity index (χ3n) is 3.77. The zero-order valence-corrected chi connectivity index (χ0v) is 20.0. The van der Waals surface area contributed by atoms with E-state index in [9.17, 15) is 4.79 Å². The first-order valence-electron chi connectivity index (χ1n) is 8.20. The molecule has 0 bridgehead atoms. The standard InChI is InChI=1S/C18H15BrCl2N4O2S2/c1-9-5-11(17(26)27-2)16(29-9)23-18(28)22-15-12(19)8-25(24-15)7-10-3-4-13(20)14(21)6-10/h3-6,8H,7H2,1-2H3,(H2,22,23,24,28). The predicted molar refractivity (Wildman–Crippen MR) is 126 cm³/mol. The van der Waals surface area contributed by atoms with Crippen molar-refractivity contribution in [3.05, 3.63) is 61.0 Å². The van der Waals surface area contributed by atoms with E-state index in [-0.39, 0.29) is 0 Å². The number of ether oxygens (including phenoxy) is 1. The van der Waals surface area contributed by atoms with Crippen LogP contribution in [0.3, 0.4) is 0 Å². The molecule has 0 radical (unpaired) electrons. The summed E-state index contributed by atoms with van der Waals surface area (Å²) >= 11 is 22.3. The Kier molecular flexibility index (Phi) is 7.18. The number of rotatable bonds is 5. The number of hydrogen-bond donors (Lipinski definition) is 2. The van der Waals surface area contributed by atoms with Gasteiger partial charge in [-0.15, -0.1) is 11.3 Å². The van der Waals surface area contributed by atoms with E-state index in [1.54, 1.807) is 22.9 Å². The molecule has 2 heterocycles. The molecule has 2 aromatic heterocycles. The minimum Gasteiger partial charge on any atom is -0.465 e. The van der Waals surface area contributed by atoms with Gasteiger partial charge in [0.05, 0.1) is 33.7 Å². The number of benzene rings is 1. The highest BCUT2D eigenvalue weighted by Crippen LogP contribution is 2.29. The van der Waals surface area contributed by atoms with E-state index < -0.39 is 5.97 Å². The van der Waals surface area contributed by atoms with Crippen molar-refractivity contribution in [1.82, 2.24) is 9.78 Å². The highest BCUT2D eigenvalue weighted by atomic mass is 79.9. The van der Waals surface area contributed by atoms with Crippen LogP contribution in [0.15, 0.2) is 34.9 Å². The van der Waals surface area contributed by atoms with Crippen molar-refractivity contribution in [1.29, 1.82) is 0 Å². The van der Waals surface area contributed by atoms with Crippen LogP contribution in [0.2, 0.25) is 10.0 Å². The molecular weight excluding hydrogens is 519 g/mol. The molecule has 0 fully saturated rings. The Morgan fingerprint density at radius 2 is 2.07 bits per heavy atom. The molecular formula is C18H15BrCl2N4O2S2. The van der Waals surface area contributed by atoms with Crippen molar-refractivity contribution in [3.63, 3.8) is 0 Å². The third-order valence-corrected chi connectivity index (χ3v) is 6.25. The summed E-state index contributed by atoms with van der Waals surface area (Å²) in [6, 6.07) is 7.18. The Balaban J connectivity index is 1.70. The summed E-state index contributed by atoms with van der Waals surface area (Å²) in [7, 11) is 1.34. The first kappa shape index (κ1) is 22.0. The number of methoxy groups -OCH3 is 1. The summed E-state index contributed by atoms with van der Waals surface area (Å²) < 4.78 is 7.28. The summed E-state index contributed by atoms with van der Waals surface area (Å²) in [6.07, 6.45) is 1.82. The second kappa shape index (κ2) is 9.44. The quantitative estimate of drug-likeness (QED) is 0.311. The molecule has 0 aliphatic heterocycles. The van der Waals surface area contributed by atoms with Crippen molar-refractivity contribution in [2.24, 2.45) is 0 Å². The van der Waals surface area contributed by atoms with Crippen LogP contribution in [0.1, 0.15) is 20.8 Å². The molecule has 1 aromatic carbocycles. The Bertz CT molecular complexity index is 1080. The fourth-order valence-electron chi connectivity index (χ4n) is 2.50. The average molecular weight is 534 g/mol. The predicted octanol–water partition coefficient (Wildman–Crippen LogP) is 5.97. The molecule has 0 aliphatic rings. The van der Waals surface area contributed by atoms with Gasteiger partial charge in [-0.1, -0.05) is 29.3 Å². The summed E-state index contributed by atoms with van der Waals surface area (Å²) in [5.74, 6) is 0.113. The van der Waals surface area contributed by atoms with E-state index in [1.807, 2.05) is 19.2 Å². The molecule has 3 aromatic rings. The van der Waals surface area contributed by atoms with Crippen LogP contribution < -0.4 is 10.6 Å². The number of anilines is 2. The van der Waals surface area contributed by atoms with E-state index >= 15 is 0 Å². The lowest BCUT2D eigenvalue weighted by Crippen LogP contribution is -2.20. The number of thiocarbonyl (C=S) groups is 1. The van der Waals surface area contributed by atoms with Crippen LogP contribution in [0.25, 0.3) is 0 Å². The van der Waals surface area contributed by atoms with Crippen LogP contribution in [-0.4, -0.2) is 28.0 Å². The monoisotopic (exact) mass is 532 g/mol. The minimum atomic E-state index is -0.424. The molecule has 0 unspecified atom stereocenters. The zero-order valence-electron chi connectivity index (χ0n) is 15.3. The maximum Gasteiger partial charge on any atom is 0.340 e. The van der Waals surface area contributed by atoms with Crippen LogP contribution in [-0.2, 0) is 11.3 Å². The summed E-state index contributed by atoms with van der Waals surface area (Å²) in [4.78, 5) is 12.9. The molecule has 0 saturated carbocycles. The smallest absolute Gasteiger partial charge is 0.340 e. The maximum atomic E-state index is 11.9. The molecule has 2 N–H and O–H groups in total. The minimum absolute atomic E-state index is 0.303. The number of nitrogens with zero attached hydrogens (tertiary/aromatic N) is 2. The number of carbonyl (C=O) groups is 1. The number of hydrogen-bond acceptors (Lipinski definition) is 5. The highest BCUT2D eigenvalue weighted by molar-refractivity contribution is 9.10. The Hall–Kier alpha value is -1.65. The van der Waals surface area contributed by atoms with E-state index in [1.165, 1.54) is 18.4 Å². The molecule has 152 valence electrons. The third kappa shape index (κ3) is 5.49. The molecule has 0 amide bonds. The van der Waals surface area contributed by atoms with Gasteiger partial charge < -0.3 is 15.4 Å². The van der Waals surface area contributed by atoms with Crippen molar-refractivity contribution in [3.8, 4) is 0 Å². The maximum absolute atomic E-state index is 11.9. The van der Waals surface area contributed by atoms with Crippen molar-refractivity contribution >= 4 is 84.6 Å². The van der Waals surface area contributed by atoms with Gasteiger partial charge in [0.1, 0.15) is 5.00 Å². The SMILES string of the molecule is COC(=O)c1cc(C)sc1NC(=S)Nc1nn(Cc2ccc(Cl)c(Cl)c2)cc1Br. The lowest BCUT2D eigenvalue weighted by Gasteiger charge is -2.09. The van der Waals surface area contributed by atoms with Crippen molar-refractivity contribution in [2.45, 2.75) is 13.5 Å². The fraction of sp³-hybridized carbons (Fsp3) is 0.167. The van der Waals surface area contributed by atoms with E-state index in [0.29, 0.717) is 38.1 Å². The molecule has 0 saturated heterocycles. The second-order valence-corrected chi connectivity index (χ2v) is 9.28. The lowest BCUT2D eigenvalue weighted by molar-refractivity contribution is 0.0602. The number of halogens is 3. The van der Waals surface area contributed by atoms with E-state index in [2.05, 4.69) is 31.7 Å². The Morgan fingerprint density at radius 1 is 1.31 bits per heavy atom. The number of carbonyl (C=O) groups excluding carboxylic acids is 1. The van der Waals surface area contributed by atoms with Crippen LogP contribution in [0.4, 0.5) is 10.8 Å². The molecule has 0 atom stereocenters. The Morgan fingerprint density at radius 3 is 2.76 bits per heavy atom. The topological polar surface area (TPSA) is 68.2 Å².